The molecule has 1 heterocycles. The SMILES string of the molecule is C=CCOC1C[C@@H](C(=O)N[C@H](C=O)CC(=O)O)N(C(=O)[C@@H](NC(=O)[C@H](Cc2ccc(O)cc2)NC(C)=O)C(C)C)C1. The highest BCUT2D eigenvalue weighted by atomic mass is 16.5. The van der Waals surface area contributed by atoms with Crippen molar-refractivity contribution in [3.8, 4) is 5.75 Å². The van der Waals surface area contributed by atoms with E-state index < -0.39 is 72.2 Å². The molecule has 0 aliphatic carbocycles. The predicted molar refractivity (Wildman–Crippen MR) is 146 cm³/mol. The van der Waals surface area contributed by atoms with E-state index in [0.717, 1.165) is 0 Å². The second kappa shape index (κ2) is 15.5. The Morgan fingerprint density at radius 3 is 2.32 bits per heavy atom. The zero-order valence-electron chi connectivity index (χ0n) is 23.4. The number of nitrogens with one attached hydrogen (secondary N) is 3. The number of hydrogen-bond donors (Lipinski definition) is 5. The van der Waals surface area contributed by atoms with Gasteiger partial charge in [0.25, 0.3) is 0 Å². The average Bonchev–Trinajstić information content (AvgIpc) is 3.34. The summed E-state index contributed by atoms with van der Waals surface area (Å²) < 4.78 is 5.68. The molecule has 1 fully saturated rings. The number of benzene rings is 1. The number of aliphatic carboxylic acids is 1. The number of nitrogens with zero attached hydrogens (tertiary/aromatic N) is 1. The Labute approximate surface area is 238 Å². The lowest BCUT2D eigenvalue weighted by atomic mass is 10.00. The van der Waals surface area contributed by atoms with E-state index in [4.69, 9.17) is 9.84 Å². The molecule has 13 heteroatoms. The fourth-order valence-corrected chi connectivity index (χ4v) is 4.48. The van der Waals surface area contributed by atoms with Crippen molar-refractivity contribution in [3.05, 3.63) is 42.5 Å². The van der Waals surface area contributed by atoms with Crippen LogP contribution in [0.2, 0.25) is 0 Å². The normalized spacial score (nSPS) is 18.6. The second-order valence-electron chi connectivity index (χ2n) is 10.2. The molecule has 41 heavy (non-hydrogen) atoms. The third-order valence-electron chi connectivity index (χ3n) is 6.49. The van der Waals surface area contributed by atoms with E-state index >= 15 is 0 Å². The van der Waals surface area contributed by atoms with Crippen molar-refractivity contribution in [2.75, 3.05) is 13.2 Å². The van der Waals surface area contributed by atoms with Crippen LogP contribution in [0.15, 0.2) is 36.9 Å². The number of hydrogen-bond acceptors (Lipinski definition) is 8. The van der Waals surface area contributed by atoms with Crippen LogP contribution in [0, 0.1) is 5.92 Å². The van der Waals surface area contributed by atoms with E-state index in [0.29, 0.717) is 11.8 Å². The van der Waals surface area contributed by atoms with E-state index in [9.17, 15) is 33.9 Å². The quantitative estimate of drug-likeness (QED) is 0.141. The molecule has 13 nitrogen and oxygen atoms in total. The molecular formula is C28H38N4O9. The van der Waals surface area contributed by atoms with Crippen molar-refractivity contribution in [1.29, 1.82) is 0 Å². The van der Waals surface area contributed by atoms with Gasteiger partial charge in [-0.3, -0.25) is 24.0 Å². The molecule has 224 valence electrons. The van der Waals surface area contributed by atoms with Crippen molar-refractivity contribution < 1.29 is 43.7 Å². The van der Waals surface area contributed by atoms with Gasteiger partial charge in [-0.25, -0.2) is 0 Å². The fraction of sp³-hybridized carbons (Fsp3) is 0.500. The van der Waals surface area contributed by atoms with Crippen molar-refractivity contribution in [2.45, 2.75) is 70.3 Å². The van der Waals surface area contributed by atoms with Crippen LogP contribution in [0.3, 0.4) is 0 Å². The number of carbonyl (C=O) groups excluding carboxylic acids is 5. The number of ether oxygens (including phenoxy) is 1. The lowest BCUT2D eigenvalue weighted by Gasteiger charge is -2.31. The molecule has 0 bridgehead atoms. The molecule has 5 atom stereocenters. The molecule has 1 aromatic rings. The predicted octanol–water partition coefficient (Wildman–Crippen LogP) is -0.0893. The molecule has 0 saturated carbocycles. The summed E-state index contributed by atoms with van der Waals surface area (Å²) in [5.41, 5.74) is 0.661. The highest BCUT2D eigenvalue weighted by molar-refractivity contribution is 5.95. The van der Waals surface area contributed by atoms with Crippen molar-refractivity contribution in [2.24, 2.45) is 5.92 Å². The summed E-state index contributed by atoms with van der Waals surface area (Å²) >= 11 is 0. The summed E-state index contributed by atoms with van der Waals surface area (Å²) in [6.45, 7) is 8.45. The number of carbonyl (C=O) groups is 6. The molecule has 1 aromatic carbocycles. The highest BCUT2D eigenvalue weighted by Crippen LogP contribution is 2.24. The van der Waals surface area contributed by atoms with E-state index in [1.807, 2.05) is 0 Å². The first-order valence-electron chi connectivity index (χ1n) is 13.2. The average molecular weight is 575 g/mol. The second-order valence-corrected chi connectivity index (χ2v) is 10.2. The fourth-order valence-electron chi connectivity index (χ4n) is 4.48. The van der Waals surface area contributed by atoms with Crippen LogP contribution in [0.1, 0.15) is 39.2 Å². The number of rotatable bonds is 15. The third-order valence-corrected chi connectivity index (χ3v) is 6.49. The zero-order chi connectivity index (χ0) is 30.7. The number of phenolic OH excluding ortho intramolecular Hbond substituents is 1. The van der Waals surface area contributed by atoms with Gasteiger partial charge in [-0.05, 0) is 23.6 Å². The summed E-state index contributed by atoms with van der Waals surface area (Å²) in [5.74, 6) is -4.05. The van der Waals surface area contributed by atoms with Gasteiger partial charge in [-0.1, -0.05) is 32.1 Å². The molecule has 4 amide bonds. The Morgan fingerprint density at radius 2 is 1.78 bits per heavy atom. The number of amides is 4. The molecule has 5 N–H and O–H groups in total. The Balaban J connectivity index is 2.28. The van der Waals surface area contributed by atoms with Crippen LogP contribution in [0.4, 0.5) is 0 Å². The highest BCUT2D eigenvalue weighted by Gasteiger charge is 2.44. The minimum Gasteiger partial charge on any atom is -0.508 e. The van der Waals surface area contributed by atoms with Gasteiger partial charge in [0.15, 0.2) is 0 Å². The molecule has 2 rings (SSSR count). The van der Waals surface area contributed by atoms with Crippen LogP contribution in [-0.2, 0) is 39.9 Å². The summed E-state index contributed by atoms with van der Waals surface area (Å²) in [5, 5.41) is 26.2. The van der Waals surface area contributed by atoms with Gasteiger partial charge in [-0.2, -0.15) is 0 Å². The smallest absolute Gasteiger partial charge is 0.305 e. The third kappa shape index (κ3) is 10.0. The van der Waals surface area contributed by atoms with Crippen LogP contribution in [0.25, 0.3) is 0 Å². The maximum atomic E-state index is 13.8. The van der Waals surface area contributed by atoms with Gasteiger partial charge in [0.05, 0.1) is 25.2 Å². The molecule has 1 saturated heterocycles. The minimum atomic E-state index is -1.29. The summed E-state index contributed by atoms with van der Waals surface area (Å²) in [7, 11) is 0. The summed E-state index contributed by atoms with van der Waals surface area (Å²) in [6, 6.07) is 1.62. The topological polar surface area (TPSA) is 191 Å². The van der Waals surface area contributed by atoms with E-state index in [2.05, 4.69) is 22.5 Å². The molecular weight excluding hydrogens is 536 g/mol. The molecule has 0 spiro atoms. The number of likely N-dealkylation sites (tertiary alicyclic amines) is 1. The summed E-state index contributed by atoms with van der Waals surface area (Å²) in [4.78, 5) is 75.8. The Bertz CT molecular complexity index is 1120. The lowest BCUT2D eigenvalue weighted by molar-refractivity contribution is -0.144. The molecule has 0 radical (unpaired) electrons. The van der Waals surface area contributed by atoms with Crippen LogP contribution < -0.4 is 16.0 Å². The van der Waals surface area contributed by atoms with Gasteiger partial charge < -0.3 is 40.6 Å². The molecule has 1 aliphatic heterocycles. The van der Waals surface area contributed by atoms with Crippen molar-refractivity contribution in [3.63, 3.8) is 0 Å². The largest absolute Gasteiger partial charge is 0.508 e. The van der Waals surface area contributed by atoms with Crippen LogP contribution in [0.5, 0.6) is 5.75 Å². The van der Waals surface area contributed by atoms with Crippen LogP contribution >= 0.6 is 0 Å². The van der Waals surface area contributed by atoms with Crippen molar-refractivity contribution in [1.82, 2.24) is 20.9 Å². The monoisotopic (exact) mass is 574 g/mol. The van der Waals surface area contributed by atoms with Gasteiger partial charge in [-0.15, -0.1) is 6.58 Å². The van der Waals surface area contributed by atoms with Crippen LogP contribution in [-0.4, -0.2) is 94.4 Å². The first kappa shape index (κ1) is 32.9. The van der Waals surface area contributed by atoms with E-state index in [-0.39, 0.29) is 31.7 Å². The lowest BCUT2D eigenvalue weighted by Crippen LogP contribution is -2.59. The summed E-state index contributed by atoms with van der Waals surface area (Å²) in [6.07, 6.45) is 0.829. The maximum absolute atomic E-state index is 13.8. The number of carboxylic acids is 1. The number of aldehydes is 1. The standard InChI is InChI=1S/C28H38N4O9/c1-5-10-41-21-13-23(27(39)30-19(15-33)12-24(36)37)32(14-21)28(40)25(16(2)3)31-26(38)22(29-17(4)34)11-18-6-8-20(35)9-7-18/h5-9,15-16,19,21-23,25,35H,1,10-14H2,2-4H3,(H,29,34)(H,30,39)(H,31,38)(H,36,37)/t19-,21?,22-,23-,25-/m0/s1. The minimum absolute atomic E-state index is 0.0111. The van der Waals surface area contributed by atoms with Gasteiger partial charge in [0.2, 0.25) is 23.6 Å². The number of phenols is 1. The Kier molecular flexibility index (Phi) is 12.5. The molecule has 1 aliphatic rings. The first-order chi connectivity index (χ1) is 19.4. The van der Waals surface area contributed by atoms with E-state index in [1.54, 1.807) is 26.0 Å². The van der Waals surface area contributed by atoms with Gasteiger partial charge in [0, 0.05) is 26.3 Å². The van der Waals surface area contributed by atoms with E-state index in [1.165, 1.54) is 30.0 Å². The number of aromatic hydroxyl groups is 1. The zero-order valence-corrected chi connectivity index (χ0v) is 23.4. The van der Waals surface area contributed by atoms with Gasteiger partial charge >= 0.3 is 5.97 Å². The first-order valence-corrected chi connectivity index (χ1v) is 13.2. The number of carboxylic acid groups (broad SMARTS) is 1. The Hall–Kier alpha value is -4.26. The van der Waals surface area contributed by atoms with Crippen molar-refractivity contribution >= 4 is 35.9 Å². The van der Waals surface area contributed by atoms with Gasteiger partial charge in [0.1, 0.15) is 30.2 Å². The maximum Gasteiger partial charge on any atom is 0.305 e. The molecule has 0 aromatic heterocycles. The Morgan fingerprint density at radius 1 is 1.12 bits per heavy atom. The molecule has 1 unspecified atom stereocenters.